The molecule has 17 heteroatoms. The number of halogens is 1. The maximum Gasteiger partial charge on any atom is 0.240 e. The lowest BCUT2D eigenvalue weighted by Crippen LogP contribution is -2.48. The van der Waals surface area contributed by atoms with Crippen LogP contribution in [0.1, 0.15) is 72.3 Å². The number of ketones is 1. The van der Waals surface area contributed by atoms with E-state index in [2.05, 4.69) is 23.4 Å². The number of fused-ring (bicyclic) bond motifs is 1. The second-order valence-electron chi connectivity index (χ2n) is 16.8. The molecule has 342 valence electrons. The molecule has 3 fully saturated rings. The van der Waals surface area contributed by atoms with Crippen LogP contribution in [0, 0.1) is 5.82 Å². The highest BCUT2D eigenvalue weighted by Crippen LogP contribution is 2.45. The molecule has 3 heterocycles. The molecule has 14 nitrogen and oxygen atoms in total. The third-order valence-electron chi connectivity index (χ3n) is 12.4. The minimum Gasteiger partial charge on any atom is -0.489 e. The summed E-state index contributed by atoms with van der Waals surface area (Å²) in [5, 5.41) is 3.57. The van der Waals surface area contributed by atoms with E-state index in [-0.39, 0.29) is 60.8 Å². The number of anilines is 2. The lowest BCUT2D eigenvalue weighted by Gasteiger charge is -2.36. The van der Waals surface area contributed by atoms with Crippen molar-refractivity contribution in [3.63, 3.8) is 0 Å². The molecule has 0 radical (unpaired) electrons. The Morgan fingerprint density at radius 2 is 1.67 bits per heavy atom. The Bertz CT molecular complexity index is 2670. The molecular weight excluding hydrogens is 860 g/mol. The van der Waals surface area contributed by atoms with Crippen LogP contribution in [-0.2, 0) is 42.8 Å². The molecule has 2 amide bonds. The number of amides is 2. The van der Waals surface area contributed by atoms with Gasteiger partial charge in [-0.15, -0.1) is 13.2 Å². The zero-order valence-corrected chi connectivity index (χ0v) is 38.2. The topological polar surface area (TPSA) is 159 Å². The lowest BCUT2D eigenvalue weighted by molar-refractivity contribution is -0.121. The van der Waals surface area contributed by atoms with Gasteiger partial charge in [-0.25, -0.2) is 25.5 Å². The van der Waals surface area contributed by atoms with Crippen molar-refractivity contribution >= 4 is 59.9 Å². The van der Waals surface area contributed by atoms with E-state index in [9.17, 15) is 31.2 Å². The van der Waals surface area contributed by atoms with Crippen LogP contribution in [0.15, 0.2) is 79.9 Å². The third-order valence-corrected chi connectivity index (χ3v) is 15.5. The highest BCUT2D eigenvalue weighted by molar-refractivity contribution is 7.89. The molecule has 2 saturated heterocycles. The maximum absolute atomic E-state index is 17.0. The van der Waals surface area contributed by atoms with Crippen molar-refractivity contribution in [3.05, 3.63) is 102 Å². The number of hydrogen-bond donors (Lipinski definition) is 1. The number of ether oxygens (including phenoxy) is 1. The summed E-state index contributed by atoms with van der Waals surface area (Å²) < 4.78 is 78.1. The van der Waals surface area contributed by atoms with Crippen LogP contribution in [0.25, 0.3) is 22.2 Å². The maximum atomic E-state index is 17.0. The lowest BCUT2D eigenvalue weighted by atomic mass is 9.81. The number of nitrogens with zero attached hydrogens (tertiary/aromatic N) is 5. The number of piperazine rings is 1. The van der Waals surface area contributed by atoms with Gasteiger partial charge < -0.3 is 24.4 Å². The van der Waals surface area contributed by atoms with Gasteiger partial charge in [0.2, 0.25) is 31.9 Å². The second kappa shape index (κ2) is 19.8. The fourth-order valence-electron chi connectivity index (χ4n) is 9.13. The van der Waals surface area contributed by atoms with Crippen molar-refractivity contribution in [2.24, 2.45) is 0 Å². The van der Waals surface area contributed by atoms with Gasteiger partial charge in [-0.05, 0) is 67.1 Å². The van der Waals surface area contributed by atoms with Gasteiger partial charge in [-0.3, -0.25) is 14.4 Å². The summed E-state index contributed by atoms with van der Waals surface area (Å²) in [6.45, 7) is 9.52. The van der Waals surface area contributed by atoms with Gasteiger partial charge in [0.25, 0.3) is 0 Å². The molecule has 0 spiro atoms. The summed E-state index contributed by atoms with van der Waals surface area (Å²) in [4.78, 5) is 43.7. The highest BCUT2D eigenvalue weighted by atomic mass is 32.2. The molecule has 1 saturated carbocycles. The first-order valence-corrected chi connectivity index (χ1v) is 25.2. The Kier molecular flexibility index (Phi) is 14.4. The molecule has 64 heavy (non-hydrogen) atoms. The predicted octanol–water partition coefficient (Wildman–Crippen LogP) is 6.22. The predicted molar refractivity (Wildman–Crippen MR) is 248 cm³/mol. The standard InChI is InChI=1S/C47H57FN6O8S2/c1-5-20-49-44(56)30-54-42-28-34(43(55)32-64(60,61)50(3)21-6-2)14-17-39(42)46(33-11-8-7-9-12-33)47(54)38-18-16-37(29-40(38)48)62-31-35-27-36(53-22-10-13-45(53)57)15-19-41(35)51-23-25-52(26-24-51)63(4,58)59/h5-6,14-19,27-29,33H,1-2,7-13,20-26,30-32H2,3-4H3,(H,49,56). The normalized spacial score (nSPS) is 16.7. The van der Waals surface area contributed by atoms with Gasteiger partial charge in [-0.1, -0.05) is 43.5 Å². The molecular formula is C47H57FN6O8S2. The first kappa shape index (κ1) is 46.6. The molecule has 1 aliphatic carbocycles. The van der Waals surface area contributed by atoms with Gasteiger partial charge in [0, 0.05) is 104 Å². The van der Waals surface area contributed by atoms with E-state index in [1.807, 2.05) is 18.2 Å². The number of likely N-dealkylation sites (N-methyl/N-ethyl adjacent to an activating group) is 1. The summed E-state index contributed by atoms with van der Waals surface area (Å²) >= 11 is 0. The van der Waals surface area contributed by atoms with Crippen molar-refractivity contribution in [2.45, 2.75) is 64.0 Å². The largest absolute Gasteiger partial charge is 0.489 e. The smallest absolute Gasteiger partial charge is 0.240 e. The summed E-state index contributed by atoms with van der Waals surface area (Å²) in [5.41, 5.74) is 4.57. The minimum atomic E-state index is -3.95. The van der Waals surface area contributed by atoms with Crippen LogP contribution in [-0.4, -0.2) is 112 Å². The van der Waals surface area contributed by atoms with Crippen LogP contribution < -0.4 is 19.9 Å². The summed E-state index contributed by atoms with van der Waals surface area (Å²) in [6.07, 6.45) is 10.1. The first-order valence-electron chi connectivity index (χ1n) is 21.8. The molecule has 1 aromatic heterocycles. The van der Waals surface area contributed by atoms with Crippen LogP contribution >= 0.6 is 0 Å². The number of nitrogens with one attached hydrogen (secondary N) is 1. The van der Waals surface area contributed by atoms with Crippen molar-refractivity contribution < 1.29 is 40.3 Å². The Labute approximate surface area is 375 Å². The molecule has 3 aliphatic rings. The summed E-state index contributed by atoms with van der Waals surface area (Å²) in [5.74, 6) is -2.02. The van der Waals surface area contributed by atoms with Gasteiger partial charge in [0.05, 0.1) is 11.9 Å². The fraction of sp³-hybridized carbons (Fsp3) is 0.426. The highest BCUT2D eigenvalue weighted by Gasteiger charge is 2.31. The van der Waals surface area contributed by atoms with E-state index >= 15 is 4.39 Å². The van der Waals surface area contributed by atoms with Crippen molar-refractivity contribution in [2.75, 3.05) is 74.7 Å². The van der Waals surface area contributed by atoms with Crippen molar-refractivity contribution in [3.8, 4) is 17.0 Å². The third kappa shape index (κ3) is 10.3. The van der Waals surface area contributed by atoms with E-state index < -0.39 is 37.4 Å². The number of hydrogen-bond acceptors (Lipinski definition) is 9. The van der Waals surface area contributed by atoms with Gasteiger partial charge in [0.1, 0.15) is 30.5 Å². The SMILES string of the molecule is C=CCNC(=O)Cn1c(-c2ccc(OCc3cc(N4CCCC4=O)ccc3N3CCN(S(C)(=O)=O)CC3)cc2F)c(C2CCCCC2)c2ccc(C(=O)CS(=O)(=O)N(C)CC=C)cc21. The number of Topliss-reactive ketones (excluding diaryl/α,β-unsaturated/α-hetero) is 1. The Morgan fingerprint density at radius 1 is 0.922 bits per heavy atom. The monoisotopic (exact) mass is 916 g/mol. The van der Waals surface area contributed by atoms with Crippen molar-refractivity contribution in [1.29, 1.82) is 0 Å². The molecule has 0 atom stereocenters. The van der Waals surface area contributed by atoms with Crippen LogP contribution in [0.3, 0.4) is 0 Å². The van der Waals surface area contributed by atoms with Gasteiger partial charge in [-0.2, -0.15) is 4.31 Å². The number of carbonyl (C=O) groups excluding carboxylic acids is 3. The molecule has 4 aromatic rings. The molecule has 7 rings (SSSR count). The number of sulfonamides is 2. The van der Waals surface area contributed by atoms with Crippen LogP contribution in [0.2, 0.25) is 0 Å². The average Bonchev–Trinajstić information content (AvgIpc) is 3.85. The zero-order chi connectivity index (χ0) is 45.8. The van der Waals surface area contributed by atoms with Crippen LogP contribution in [0.4, 0.5) is 15.8 Å². The Morgan fingerprint density at radius 3 is 2.33 bits per heavy atom. The Balaban J connectivity index is 1.26. The Hall–Kier alpha value is -5.36. The first-order chi connectivity index (χ1) is 30.6. The average molecular weight is 917 g/mol. The molecule has 3 aromatic carbocycles. The van der Waals surface area contributed by atoms with E-state index in [1.54, 1.807) is 45.9 Å². The minimum absolute atomic E-state index is 0.0287. The number of benzene rings is 3. The molecule has 2 aliphatic heterocycles. The summed E-state index contributed by atoms with van der Waals surface area (Å²) in [7, 11) is -5.91. The number of rotatable bonds is 18. The molecule has 0 unspecified atom stereocenters. The van der Waals surface area contributed by atoms with Gasteiger partial charge in [0.15, 0.2) is 5.78 Å². The zero-order valence-electron chi connectivity index (χ0n) is 36.6. The van der Waals surface area contributed by atoms with Crippen LogP contribution in [0.5, 0.6) is 5.75 Å². The second-order valence-corrected chi connectivity index (χ2v) is 20.9. The number of aromatic nitrogens is 1. The molecule has 1 N–H and O–H groups in total. The molecule has 0 bridgehead atoms. The van der Waals surface area contributed by atoms with E-state index in [0.29, 0.717) is 50.4 Å². The van der Waals surface area contributed by atoms with E-state index in [4.69, 9.17) is 4.74 Å². The van der Waals surface area contributed by atoms with Gasteiger partial charge >= 0.3 is 0 Å². The van der Waals surface area contributed by atoms with E-state index in [0.717, 1.165) is 70.7 Å². The fourth-order valence-corrected chi connectivity index (χ4v) is 11.0. The van der Waals surface area contributed by atoms with Crippen molar-refractivity contribution in [1.82, 2.24) is 18.5 Å². The summed E-state index contributed by atoms with van der Waals surface area (Å²) in [6, 6.07) is 15.4. The number of carbonyl (C=O) groups is 3. The quantitative estimate of drug-likeness (QED) is 0.0905. The van der Waals surface area contributed by atoms with E-state index in [1.165, 1.54) is 29.8 Å².